The molecule has 1 heterocycles. The van der Waals surface area contributed by atoms with Crippen LogP contribution in [-0.4, -0.2) is 53.6 Å². The summed E-state index contributed by atoms with van der Waals surface area (Å²) in [6.07, 6.45) is 2.54. The summed E-state index contributed by atoms with van der Waals surface area (Å²) in [5, 5.41) is 0. The third-order valence-corrected chi connectivity index (χ3v) is 3.45. The van der Waals surface area contributed by atoms with Crippen LogP contribution in [0.2, 0.25) is 0 Å². The lowest BCUT2D eigenvalue weighted by atomic mass is 10.1. The normalized spacial score (nSPS) is 16.7. The molecule has 0 amide bonds. The lowest BCUT2D eigenvalue weighted by Crippen LogP contribution is -2.39. The van der Waals surface area contributed by atoms with Crippen molar-refractivity contribution in [2.75, 3.05) is 38.3 Å². The number of nitrogens with two attached hydrogens (primary N) is 2. The quantitative estimate of drug-likeness (QED) is 0.728. The Morgan fingerprint density at radius 2 is 1.89 bits per heavy atom. The molecule has 0 aromatic carbocycles. The SMILES string of the molecule is CN(C)c1nc(N)nc(CN(C)C(CN)C2CC2)n1. The fraction of sp³-hybridized carbons (Fsp3) is 0.750. The highest BCUT2D eigenvalue weighted by molar-refractivity contribution is 5.32. The smallest absolute Gasteiger partial charge is 0.229 e. The fourth-order valence-corrected chi connectivity index (χ4v) is 2.25. The molecule has 1 atom stereocenters. The second-order valence-electron chi connectivity index (χ2n) is 5.36. The number of aromatic nitrogens is 3. The maximum absolute atomic E-state index is 5.85. The highest BCUT2D eigenvalue weighted by Crippen LogP contribution is 2.34. The highest BCUT2D eigenvalue weighted by atomic mass is 15.3. The molecule has 1 aromatic heterocycles. The summed E-state index contributed by atoms with van der Waals surface area (Å²) >= 11 is 0. The zero-order valence-electron chi connectivity index (χ0n) is 11.9. The minimum Gasteiger partial charge on any atom is -0.368 e. The Balaban J connectivity index is 2.09. The van der Waals surface area contributed by atoms with Gasteiger partial charge in [-0.3, -0.25) is 4.90 Å². The Morgan fingerprint density at radius 1 is 1.21 bits per heavy atom. The zero-order valence-corrected chi connectivity index (χ0v) is 11.9. The number of hydrogen-bond acceptors (Lipinski definition) is 7. The van der Waals surface area contributed by atoms with E-state index in [0.717, 1.165) is 5.92 Å². The average molecular weight is 265 g/mol. The molecule has 0 aliphatic heterocycles. The first-order chi connectivity index (χ1) is 9.01. The van der Waals surface area contributed by atoms with E-state index in [4.69, 9.17) is 11.5 Å². The first-order valence-electron chi connectivity index (χ1n) is 6.59. The van der Waals surface area contributed by atoms with Crippen molar-refractivity contribution in [1.29, 1.82) is 0 Å². The Hall–Kier alpha value is -1.47. The van der Waals surface area contributed by atoms with Crippen molar-refractivity contribution >= 4 is 11.9 Å². The van der Waals surface area contributed by atoms with Gasteiger partial charge < -0.3 is 16.4 Å². The summed E-state index contributed by atoms with van der Waals surface area (Å²) in [7, 11) is 5.83. The van der Waals surface area contributed by atoms with Crippen LogP contribution in [0.3, 0.4) is 0 Å². The van der Waals surface area contributed by atoms with Gasteiger partial charge in [-0.25, -0.2) is 0 Å². The Morgan fingerprint density at radius 3 is 2.42 bits per heavy atom. The van der Waals surface area contributed by atoms with Crippen LogP contribution in [0, 0.1) is 5.92 Å². The second kappa shape index (κ2) is 5.66. The number of anilines is 2. The third kappa shape index (κ3) is 3.51. The molecule has 1 aliphatic carbocycles. The number of hydrogen-bond donors (Lipinski definition) is 2. The maximum atomic E-state index is 5.85. The maximum Gasteiger partial charge on any atom is 0.229 e. The van der Waals surface area contributed by atoms with Crippen LogP contribution < -0.4 is 16.4 Å². The van der Waals surface area contributed by atoms with Gasteiger partial charge in [0.25, 0.3) is 0 Å². The van der Waals surface area contributed by atoms with E-state index in [1.54, 1.807) is 0 Å². The predicted molar refractivity (Wildman–Crippen MR) is 75.6 cm³/mol. The van der Waals surface area contributed by atoms with Crippen molar-refractivity contribution < 1.29 is 0 Å². The minimum atomic E-state index is 0.262. The largest absolute Gasteiger partial charge is 0.368 e. The molecule has 1 fully saturated rings. The van der Waals surface area contributed by atoms with Gasteiger partial charge in [-0.2, -0.15) is 15.0 Å². The summed E-state index contributed by atoms with van der Waals surface area (Å²) in [4.78, 5) is 16.7. The molecule has 0 bridgehead atoms. The van der Waals surface area contributed by atoms with E-state index in [9.17, 15) is 0 Å². The molecule has 1 aromatic rings. The van der Waals surface area contributed by atoms with Crippen LogP contribution in [0.5, 0.6) is 0 Å². The van der Waals surface area contributed by atoms with Gasteiger partial charge in [0, 0.05) is 26.7 Å². The fourth-order valence-electron chi connectivity index (χ4n) is 2.25. The number of nitrogens with zero attached hydrogens (tertiary/aromatic N) is 5. The second-order valence-corrected chi connectivity index (χ2v) is 5.36. The van der Waals surface area contributed by atoms with Crippen LogP contribution in [0.25, 0.3) is 0 Å². The molecule has 19 heavy (non-hydrogen) atoms. The summed E-state index contributed by atoms with van der Waals surface area (Å²) in [5.41, 5.74) is 11.6. The minimum absolute atomic E-state index is 0.262. The first-order valence-corrected chi connectivity index (χ1v) is 6.59. The molecule has 0 saturated heterocycles. The summed E-state index contributed by atoms with van der Waals surface area (Å²) in [6.45, 7) is 1.31. The Labute approximate surface area is 114 Å². The van der Waals surface area contributed by atoms with Gasteiger partial charge in [0.05, 0.1) is 6.54 Å². The molecule has 0 spiro atoms. The molecule has 1 unspecified atom stereocenters. The number of likely N-dealkylation sites (N-methyl/N-ethyl adjacent to an activating group) is 1. The zero-order chi connectivity index (χ0) is 14.0. The van der Waals surface area contributed by atoms with E-state index < -0.39 is 0 Å². The van der Waals surface area contributed by atoms with Crippen molar-refractivity contribution in [1.82, 2.24) is 19.9 Å². The van der Waals surface area contributed by atoms with Crippen LogP contribution in [0.4, 0.5) is 11.9 Å². The van der Waals surface area contributed by atoms with Gasteiger partial charge in [0.15, 0.2) is 0 Å². The molecule has 1 saturated carbocycles. The van der Waals surface area contributed by atoms with Crippen molar-refractivity contribution in [3.8, 4) is 0 Å². The van der Waals surface area contributed by atoms with Gasteiger partial charge in [0.2, 0.25) is 11.9 Å². The molecule has 0 radical (unpaired) electrons. The topological polar surface area (TPSA) is 97.2 Å². The molecule has 106 valence electrons. The van der Waals surface area contributed by atoms with E-state index in [2.05, 4.69) is 26.9 Å². The van der Waals surface area contributed by atoms with Crippen molar-refractivity contribution in [2.45, 2.75) is 25.4 Å². The van der Waals surface area contributed by atoms with Gasteiger partial charge in [0.1, 0.15) is 5.82 Å². The van der Waals surface area contributed by atoms with E-state index in [1.165, 1.54) is 12.8 Å². The summed E-state index contributed by atoms with van der Waals surface area (Å²) in [5.74, 6) is 2.27. The molecule has 1 aliphatic rings. The van der Waals surface area contributed by atoms with Gasteiger partial charge in [-0.05, 0) is 25.8 Å². The predicted octanol–water partition coefficient (Wildman–Crippen LogP) is -0.311. The lowest BCUT2D eigenvalue weighted by molar-refractivity contribution is 0.210. The molecule has 4 N–H and O–H groups in total. The van der Waals surface area contributed by atoms with Crippen molar-refractivity contribution in [2.24, 2.45) is 11.7 Å². The first kappa shape index (κ1) is 14.0. The third-order valence-electron chi connectivity index (χ3n) is 3.45. The Kier molecular flexibility index (Phi) is 4.16. The molecular formula is C12H23N7. The van der Waals surface area contributed by atoms with E-state index in [-0.39, 0.29) is 5.95 Å². The van der Waals surface area contributed by atoms with E-state index in [0.29, 0.717) is 30.9 Å². The standard InChI is InChI=1S/C12H23N7/c1-18(2)12-16-10(15-11(14)17-12)7-19(3)9(6-13)8-4-5-8/h8-9H,4-7,13H2,1-3H3,(H2,14,15,16,17). The van der Waals surface area contributed by atoms with E-state index >= 15 is 0 Å². The van der Waals surface area contributed by atoms with Gasteiger partial charge in [-0.15, -0.1) is 0 Å². The monoisotopic (exact) mass is 265 g/mol. The van der Waals surface area contributed by atoms with Crippen LogP contribution in [0.1, 0.15) is 18.7 Å². The molecule has 7 nitrogen and oxygen atoms in total. The van der Waals surface area contributed by atoms with Crippen LogP contribution in [0.15, 0.2) is 0 Å². The lowest BCUT2D eigenvalue weighted by Gasteiger charge is -2.26. The molecular weight excluding hydrogens is 242 g/mol. The Bertz CT molecular complexity index is 430. The average Bonchev–Trinajstić information content (AvgIpc) is 3.13. The summed E-state index contributed by atoms with van der Waals surface area (Å²) < 4.78 is 0. The van der Waals surface area contributed by atoms with Crippen LogP contribution in [-0.2, 0) is 6.54 Å². The molecule has 7 heteroatoms. The van der Waals surface area contributed by atoms with Crippen molar-refractivity contribution in [3.63, 3.8) is 0 Å². The van der Waals surface area contributed by atoms with Crippen LogP contribution >= 0.6 is 0 Å². The summed E-state index contributed by atoms with van der Waals surface area (Å²) in [6, 6.07) is 0.404. The molecule has 2 rings (SSSR count). The van der Waals surface area contributed by atoms with E-state index in [1.807, 2.05) is 19.0 Å². The van der Waals surface area contributed by atoms with Gasteiger partial charge in [-0.1, -0.05) is 0 Å². The number of nitrogen functional groups attached to an aromatic ring is 1. The number of rotatable bonds is 6. The highest BCUT2D eigenvalue weighted by Gasteiger charge is 2.33. The van der Waals surface area contributed by atoms with Gasteiger partial charge >= 0.3 is 0 Å². The van der Waals surface area contributed by atoms with Crippen molar-refractivity contribution in [3.05, 3.63) is 5.82 Å².